The number of piperidine rings is 1. The van der Waals surface area contributed by atoms with Gasteiger partial charge in [0.2, 0.25) is 5.91 Å². The van der Waals surface area contributed by atoms with Gasteiger partial charge in [0.05, 0.1) is 11.1 Å². The second-order valence-corrected chi connectivity index (χ2v) is 12.1. The van der Waals surface area contributed by atoms with Crippen LogP contribution in [0.4, 0.5) is 14.9 Å². The number of likely N-dealkylation sites (tertiary alicyclic amines) is 2. The van der Waals surface area contributed by atoms with Gasteiger partial charge in [-0.3, -0.25) is 4.79 Å². The maximum absolute atomic E-state index is 15.3. The summed E-state index contributed by atoms with van der Waals surface area (Å²) in [5.41, 5.74) is 0.433. The molecule has 0 unspecified atom stereocenters. The van der Waals surface area contributed by atoms with Gasteiger partial charge in [0.25, 0.3) is 0 Å². The number of rotatable bonds is 3. The van der Waals surface area contributed by atoms with Gasteiger partial charge in [0.1, 0.15) is 11.4 Å². The van der Waals surface area contributed by atoms with Crippen molar-refractivity contribution < 1.29 is 18.7 Å². The summed E-state index contributed by atoms with van der Waals surface area (Å²) in [7, 11) is 0. The minimum atomic E-state index is -0.538. The highest BCUT2D eigenvalue weighted by atomic mass is 19.1. The van der Waals surface area contributed by atoms with E-state index in [0.29, 0.717) is 56.5 Å². The molecule has 1 saturated carbocycles. The van der Waals surface area contributed by atoms with Crippen LogP contribution in [0.1, 0.15) is 83.6 Å². The third kappa shape index (κ3) is 4.93. The van der Waals surface area contributed by atoms with Crippen molar-refractivity contribution in [3.8, 4) is 0 Å². The Morgan fingerprint density at radius 2 is 1.66 bits per heavy atom. The molecule has 2 amide bonds. The minimum absolute atomic E-state index is 0.00282. The van der Waals surface area contributed by atoms with Crippen LogP contribution in [-0.4, -0.2) is 66.2 Å². The lowest BCUT2D eigenvalue weighted by atomic mass is 9.77. The molecule has 0 atom stereocenters. The Morgan fingerprint density at radius 1 is 1.00 bits per heavy atom. The van der Waals surface area contributed by atoms with Gasteiger partial charge in [0, 0.05) is 25.7 Å². The SMILES string of the molecule is CC(C)(C)OC(=O)N1CCC2(CC1)CCN(c1ccc([C@H]3CC[C@H](N4CCC4)CC3)cc1F)C2=O. The first kappa shape index (κ1) is 24.5. The van der Waals surface area contributed by atoms with Crippen LogP contribution in [-0.2, 0) is 9.53 Å². The predicted octanol–water partition coefficient (Wildman–Crippen LogP) is 5.31. The zero-order valence-electron chi connectivity index (χ0n) is 21.5. The number of benzene rings is 1. The van der Waals surface area contributed by atoms with E-state index in [1.54, 1.807) is 15.9 Å². The lowest BCUT2D eigenvalue weighted by Gasteiger charge is -2.42. The lowest BCUT2D eigenvalue weighted by Crippen LogP contribution is -2.48. The molecule has 4 aliphatic rings. The molecule has 192 valence electrons. The number of carbonyl (C=O) groups excluding carboxylic acids is 2. The molecule has 0 bridgehead atoms. The standard InChI is InChI=1S/C28H40FN3O3/c1-27(2,3)35-26(34)31-16-11-28(12-17-31)13-18-32(25(28)33)24-10-7-21(19-23(24)29)20-5-8-22(9-6-20)30-14-4-15-30/h7,10,19-20,22H,4-6,8-9,11-18H2,1-3H3/t20-,22-. The first-order valence-corrected chi connectivity index (χ1v) is 13.5. The lowest BCUT2D eigenvalue weighted by molar-refractivity contribution is -0.128. The second-order valence-electron chi connectivity index (χ2n) is 12.1. The maximum atomic E-state index is 15.3. The third-order valence-corrected chi connectivity index (χ3v) is 8.72. The number of anilines is 1. The quantitative estimate of drug-likeness (QED) is 0.582. The van der Waals surface area contributed by atoms with Gasteiger partial charge in [-0.2, -0.15) is 0 Å². The van der Waals surface area contributed by atoms with Crippen LogP contribution in [0.3, 0.4) is 0 Å². The van der Waals surface area contributed by atoms with Gasteiger partial charge >= 0.3 is 6.09 Å². The Hall–Kier alpha value is -2.15. The molecule has 3 saturated heterocycles. The normalized spacial score (nSPS) is 27.3. The van der Waals surface area contributed by atoms with Crippen molar-refractivity contribution in [1.82, 2.24) is 9.80 Å². The highest BCUT2D eigenvalue weighted by molar-refractivity contribution is 6.00. The fraction of sp³-hybridized carbons (Fsp3) is 0.714. The van der Waals surface area contributed by atoms with Gasteiger partial charge in [-0.15, -0.1) is 0 Å². The summed E-state index contributed by atoms with van der Waals surface area (Å²) < 4.78 is 20.8. The van der Waals surface area contributed by atoms with Crippen LogP contribution >= 0.6 is 0 Å². The zero-order chi connectivity index (χ0) is 24.8. The van der Waals surface area contributed by atoms with Crippen molar-refractivity contribution in [3.05, 3.63) is 29.6 Å². The van der Waals surface area contributed by atoms with E-state index in [9.17, 15) is 9.59 Å². The Balaban J connectivity index is 1.20. The summed E-state index contributed by atoms with van der Waals surface area (Å²) in [4.78, 5) is 31.8. The summed E-state index contributed by atoms with van der Waals surface area (Å²) in [6, 6.07) is 6.24. The van der Waals surface area contributed by atoms with Crippen LogP contribution in [0.5, 0.6) is 0 Å². The van der Waals surface area contributed by atoms with Crippen LogP contribution < -0.4 is 4.90 Å². The molecule has 6 nitrogen and oxygen atoms in total. The van der Waals surface area contributed by atoms with Crippen LogP contribution in [0.15, 0.2) is 18.2 Å². The van der Waals surface area contributed by atoms with Crippen molar-refractivity contribution in [2.24, 2.45) is 5.41 Å². The fourth-order valence-electron chi connectivity index (χ4n) is 6.43. The molecule has 0 aromatic heterocycles. The molecule has 1 spiro atoms. The van der Waals surface area contributed by atoms with E-state index >= 15 is 4.39 Å². The molecular weight excluding hydrogens is 445 g/mol. The summed E-state index contributed by atoms with van der Waals surface area (Å²) in [5.74, 6) is 0.126. The van der Waals surface area contributed by atoms with Crippen molar-refractivity contribution in [3.63, 3.8) is 0 Å². The average Bonchev–Trinajstić information content (AvgIpc) is 3.08. The Kier molecular flexibility index (Phi) is 6.58. The molecule has 3 aliphatic heterocycles. The molecule has 3 heterocycles. The first-order valence-electron chi connectivity index (χ1n) is 13.5. The Labute approximate surface area is 208 Å². The molecule has 1 aromatic rings. The zero-order valence-corrected chi connectivity index (χ0v) is 21.5. The van der Waals surface area contributed by atoms with E-state index in [0.717, 1.165) is 18.4 Å². The average molecular weight is 486 g/mol. The minimum Gasteiger partial charge on any atom is -0.444 e. The smallest absolute Gasteiger partial charge is 0.410 e. The van der Waals surface area contributed by atoms with Crippen LogP contribution in [0, 0.1) is 11.2 Å². The van der Waals surface area contributed by atoms with Crippen LogP contribution in [0.25, 0.3) is 0 Å². The number of amides is 2. The molecule has 0 N–H and O–H groups in total. The number of halogens is 1. The number of hydrogen-bond acceptors (Lipinski definition) is 4. The Bertz CT molecular complexity index is 955. The number of nitrogens with zero attached hydrogens (tertiary/aromatic N) is 3. The van der Waals surface area contributed by atoms with Gasteiger partial charge in [-0.25, -0.2) is 9.18 Å². The van der Waals surface area contributed by atoms with Gasteiger partial charge < -0.3 is 19.4 Å². The summed E-state index contributed by atoms with van der Waals surface area (Å²) >= 11 is 0. The molecule has 5 rings (SSSR count). The van der Waals surface area contributed by atoms with E-state index in [4.69, 9.17) is 4.74 Å². The molecule has 0 radical (unpaired) electrons. The van der Waals surface area contributed by atoms with E-state index in [-0.39, 0.29) is 17.8 Å². The Morgan fingerprint density at radius 3 is 2.23 bits per heavy atom. The molecule has 1 aromatic carbocycles. The van der Waals surface area contributed by atoms with Crippen molar-refractivity contribution >= 4 is 17.7 Å². The largest absolute Gasteiger partial charge is 0.444 e. The number of ether oxygens (including phenoxy) is 1. The van der Waals surface area contributed by atoms with Crippen molar-refractivity contribution in [1.29, 1.82) is 0 Å². The van der Waals surface area contributed by atoms with E-state index in [1.807, 2.05) is 32.9 Å². The van der Waals surface area contributed by atoms with Crippen LogP contribution in [0.2, 0.25) is 0 Å². The summed E-state index contributed by atoms with van der Waals surface area (Å²) in [6.07, 6.45) is 7.52. The van der Waals surface area contributed by atoms with Crippen molar-refractivity contribution in [2.75, 3.05) is 37.6 Å². The predicted molar refractivity (Wildman–Crippen MR) is 134 cm³/mol. The van der Waals surface area contributed by atoms with Gasteiger partial charge in [-0.05, 0) is 109 Å². The van der Waals surface area contributed by atoms with Crippen molar-refractivity contribution in [2.45, 2.75) is 89.7 Å². The number of hydrogen-bond donors (Lipinski definition) is 0. The van der Waals surface area contributed by atoms with Gasteiger partial charge in [-0.1, -0.05) is 6.07 Å². The highest BCUT2D eigenvalue weighted by Crippen LogP contribution is 2.44. The molecule has 4 fully saturated rings. The summed E-state index contributed by atoms with van der Waals surface area (Å²) in [5, 5.41) is 0. The first-order chi connectivity index (χ1) is 16.7. The fourth-order valence-corrected chi connectivity index (χ4v) is 6.43. The highest BCUT2D eigenvalue weighted by Gasteiger charge is 2.49. The topological polar surface area (TPSA) is 53.1 Å². The molecule has 1 aliphatic carbocycles. The molecule has 7 heteroatoms. The molecular formula is C28H40FN3O3. The molecule has 35 heavy (non-hydrogen) atoms. The number of carbonyl (C=O) groups is 2. The second kappa shape index (κ2) is 9.38. The van der Waals surface area contributed by atoms with E-state index < -0.39 is 11.0 Å². The monoisotopic (exact) mass is 485 g/mol. The summed E-state index contributed by atoms with van der Waals surface area (Å²) in [6.45, 7) is 9.56. The van der Waals surface area contributed by atoms with E-state index in [1.165, 1.54) is 32.4 Å². The van der Waals surface area contributed by atoms with Gasteiger partial charge in [0.15, 0.2) is 0 Å². The third-order valence-electron chi connectivity index (χ3n) is 8.72. The maximum Gasteiger partial charge on any atom is 0.410 e. The van der Waals surface area contributed by atoms with E-state index in [2.05, 4.69) is 4.90 Å².